The van der Waals surface area contributed by atoms with Crippen molar-refractivity contribution in [1.29, 1.82) is 0 Å². The van der Waals surface area contributed by atoms with Crippen molar-refractivity contribution in [2.45, 2.75) is 4.90 Å². The Morgan fingerprint density at radius 2 is 1.85 bits per heavy atom. The number of sulfone groups is 1. The van der Waals surface area contributed by atoms with E-state index in [1.54, 1.807) is 0 Å². The first-order chi connectivity index (χ1) is 9.24. The maximum Gasteiger partial charge on any atom is 0.294 e. The van der Waals surface area contributed by atoms with Crippen LogP contribution in [0.4, 0.5) is 5.69 Å². The fourth-order valence-corrected chi connectivity index (χ4v) is 2.61. The molecule has 0 saturated carbocycles. The maximum atomic E-state index is 11.2. The third-order valence-electron chi connectivity index (χ3n) is 2.22. The molecule has 0 unspecified atom stereocenters. The lowest BCUT2D eigenvalue weighted by Crippen LogP contribution is -2.19. The molecule has 0 atom stereocenters. The summed E-state index contributed by atoms with van der Waals surface area (Å²) in [6.45, 7) is -0.620. The highest BCUT2D eigenvalue weighted by Gasteiger charge is 2.11. The van der Waals surface area contributed by atoms with E-state index in [-0.39, 0.29) is 28.7 Å². The number of benzene rings is 1. The molecular weight excluding hydrogens is 310 g/mol. The normalized spacial score (nSPS) is 12.3. The van der Waals surface area contributed by atoms with Crippen LogP contribution in [0.25, 0.3) is 0 Å². The van der Waals surface area contributed by atoms with Gasteiger partial charge in [0.25, 0.3) is 10.1 Å². The molecule has 8 nitrogen and oxygen atoms in total. The van der Waals surface area contributed by atoms with Gasteiger partial charge >= 0.3 is 0 Å². The van der Waals surface area contributed by atoms with Crippen LogP contribution >= 0.6 is 0 Å². The van der Waals surface area contributed by atoms with Gasteiger partial charge in [-0.05, 0) is 18.2 Å². The molecule has 0 heterocycles. The van der Waals surface area contributed by atoms with Crippen LogP contribution in [0.5, 0.6) is 0 Å². The molecule has 20 heavy (non-hydrogen) atoms. The van der Waals surface area contributed by atoms with Crippen molar-refractivity contribution in [3.63, 3.8) is 0 Å². The molecular formula is C10H15NO7S2. The van der Waals surface area contributed by atoms with Gasteiger partial charge in [0.15, 0.2) is 9.84 Å². The molecule has 0 radical (unpaired) electrons. The topological polar surface area (TPSA) is 130 Å². The Morgan fingerprint density at radius 1 is 1.15 bits per heavy atom. The van der Waals surface area contributed by atoms with Gasteiger partial charge in [-0.1, -0.05) is 6.07 Å². The SMILES string of the molecule is O=S(=O)(CCO)CCONc1cccc(S(=O)(=O)O)c1. The van der Waals surface area contributed by atoms with Gasteiger partial charge in [0.05, 0.1) is 35.3 Å². The summed E-state index contributed by atoms with van der Waals surface area (Å²) in [5.41, 5.74) is 2.62. The van der Waals surface area contributed by atoms with E-state index in [1.165, 1.54) is 18.2 Å². The molecule has 0 amide bonds. The van der Waals surface area contributed by atoms with Crippen LogP contribution in [0.2, 0.25) is 0 Å². The van der Waals surface area contributed by atoms with Crippen LogP contribution in [0.1, 0.15) is 0 Å². The van der Waals surface area contributed by atoms with Crippen LogP contribution in [0.15, 0.2) is 29.2 Å². The van der Waals surface area contributed by atoms with Crippen LogP contribution in [0.3, 0.4) is 0 Å². The Kier molecular flexibility index (Phi) is 5.89. The zero-order chi connectivity index (χ0) is 15.2. The summed E-state index contributed by atoms with van der Waals surface area (Å²) < 4.78 is 53.2. The molecule has 0 aliphatic carbocycles. The minimum absolute atomic E-state index is 0.168. The van der Waals surface area contributed by atoms with E-state index in [0.717, 1.165) is 6.07 Å². The van der Waals surface area contributed by atoms with Crippen molar-refractivity contribution >= 4 is 25.6 Å². The third kappa shape index (κ3) is 5.84. The van der Waals surface area contributed by atoms with Crippen molar-refractivity contribution in [2.24, 2.45) is 0 Å². The lowest BCUT2D eigenvalue weighted by atomic mass is 10.3. The highest BCUT2D eigenvalue weighted by Crippen LogP contribution is 2.14. The molecule has 0 aromatic heterocycles. The number of hydrogen-bond donors (Lipinski definition) is 3. The van der Waals surface area contributed by atoms with Gasteiger partial charge in [0.1, 0.15) is 0 Å². The quantitative estimate of drug-likeness (QED) is 0.337. The molecule has 1 aromatic carbocycles. The molecule has 0 bridgehead atoms. The predicted molar refractivity (Wildman–Crippen MR) is 71.6 cm³/mol. The Bertz CT molecular complexity index is 639. The van der Waals surface area contributed by atoms with Crippen molar-refractivity contribution in [3.8, 4) is 0 Å². The summed E-state index contributed by atoms with van der Waals surface area (Å²) in [7, 11) is -7.67. The number of aliphatic hydroxyl groups is 1. The first-order valence-corrected chi connectivity index (χ1v) is 8.77. The van der Waals surface area contributed by atoms with Crippen molar-refractivity contribution < 1.29 is 31.3 Å². The molecule has 3 N–H and O–H groups in total. The molecule has 1 aromatic rings. The first kappa shape index (κ1) is 16.9. The number of hydrogen-bond acceptors (Lipinski definition) is 7. The average Bonchev–Trinajstić information content (AvgIpc) is 2.34. The van der Waals surface area contributed by atoms with Gasteiger partial charge in [-0.3, -0.25) is 14.9 Å². The fraction of sp³-hybridized carbons (Fsp3) is 0.400. The number of anilines is 1. The van der Waals surface area contributed by atoms with Crippen LogP contribution < -0.4 is 5.48 Å². The summed E-state index contributed by atoms with van der Waals surface area (Å²) in [5.74, 6) is -0.618. The van der Waals surface area contributed by atoms with Crippen LogP contribution in [-0.2, 0) is 24.8 Å². The second kappa shape index (κ2) is 6.99. The first-order valence-electron chi connectivity index (χ1n) is 5.51. The Balaban J connectivity index is 2.51. The van der Waals surface area contributed by atoms with E-state index in [0.29, 0.717) is 0 Å². The summed E-state index contributed by atoms with van der Waals surface area (Å²) in [6.07, 6.45) is 0. The standard InChI is InChI=1S/C10H15NO7S2/c12-4-6-19(13,14)7-5-18-11-9-2-1-3-10(8-9)20(15,16)17/h1-3,8,11-12H,4-7H2,(H,15,16,17). The van der Waals surface area contributed by atoms with Crippen LogP contribution in [-0.4, -0.2) is 51.2 Å². The average molecular weight is 325 g/mol. The smallest absolute Gasteiger partial charge is 0.294 e. The molecule has 0 saturated heterocycles. The van der Waals surface area contributed by atoms with Gasteiger partial charge < -0.3 is 5.11 Å². The lowest BCUT2D eigenvalue weighted by Gasteiger charge is -2.08. The van der Waals surface area contributed by atoms with Gasteiger partial charge in [-0.25, -0.2) is 8.42 Å². The number of aliphatic hydroxyl groups excluding tert-OH is 1. The van der Waals surface area contributed by atoms with E-state index in [4.69, 9.17) is 14.5 Å². The molecule has 1 rings (SSSR count). The fourth-order valence-electron chi connectivity index (χ4n) is 1.26. The lowest BCUT2D eigenvalue weighted by molar-refractivity contribution is 0.211. The third-order valence-corrected chi connectivity index (χ3v) is 4.66. The minimum atomic E-state index is -4.31. The Hall–Kier alpha value is -1.20. The van der Waals surface area contributed by atoms with E-state index in [2.05, 4.69) is 5.48 Å². The van der Waals surface area contributed by atoms with E-state index < -0.39 is 26.6 Å². The Labute approximate surface area is 117 Å². The number of rotatable bonds is 8. The van der Waals surface area contributed by atoms with E-state index in [9.17, 15) is 16.8 Å². The summed E-state index contributed by atoms with van der Waals surface area (Å²) in [4.78, 5) is 4.58. The van der Waals surface area contributed by atoms with Gasteiger partial charge in [0, 0.05) is 0 Å². The maximum absolute atomic E-state index is 11.2. The molecule has 10 heteroatoms. The highest BCUT2D eigenvalue weighted by molar-refractivity contribution is 7.91. The van der Waals surface area contributed by atoms with Gasteiger partial charge in [0.2, 0.25) is 0 Å². The van der Waals surface area contributed by atoms with Crippen LogP contribution in [0, 0.1) is 0 Å². The predicted octanol–water partition coefficient (Wildman–Crippen LogP) is -0.316. The molecule has 0 aliphatic rings. The molecule has 0 spiro atoms. The van der Waals surface area contributed by atoms with Gasteiger partial charge in [-0.2, -0.15) is 8.42 Å². The van der Waals surface area contributed by atoms with E-state index >= 15 is 0 Å². The van der Waals surface area contributed by atoms with Crippen molar-refractivity contribution in [2.75, 3.05) is 30.2 Å². The molecule has 114 valence electrons. The summed E-state index contributed by atoms with van der Waals surface area (Å²) in [5, 5.41) is 8.53. The van der Waals surface area contributed by atoms with Gasteiger partial charge in [-0.15, -0.1) is 0 Å². The zero-order valence-electron chi connectivity index (χ0n) is 10.4. The zero-order valence-corrected chi connectivity index (χ0v) is 12.0. The largest absolute Gasteiger partial charge is 0.395 e. The molecule has 0 aliphatic heterocycles. The summed E-state index contributed by atoms with van der Waals surface area (Å²) in [6, 6.07) is 5.21. The minimum Gasteiger partial charge on any atom is -0.395 e. The van der Waals surface area contributed by atoms with Crippen molar-refractivity contribution in [1.82, 2.24) is 0 Å². The van der Waals surface area contributed by atoms with E-state index in [1.807, 2.05) is 0 Å². The molecule has 0 fully saturated rings. The summed E-state index contributed by atoms with van der Waals surface area (Å²) >= 11 is 0. The Morgan fingerprint density at radius 3 is 2.45 bits per heavy atom. The van der Waals surface area contributed by atoms with Crippen molar-refractivity contribution in [3.05, 3.63) is 24.3 Å². The monoisotopic (exact) mass is 325 g/mol. The second-order valence-corrected chi connectivity index (χ2v) is 7.55. The highest BCUT2D eigenvalue weighted by atomic mass is 32.2. The second-order valence-electron chi connectivity index (χ2n) is 3.83. The number of nitrogens with one attached hydrogen (secondary N) is 1.